The molecule has 0 aliphatic rings. The summed E-state index contributed by atoms with van der Waals surface area (Å²) in [5.74, 6) is -1.17. The number of halogens is 2. The summed E-state index contributed by atoms with van der Waals surface area (Å²) in [5, 5.41) is 7.03. The second kappa shape index (κ2) is 4.94. The summed E-state index contributed by atoms with van der Waals surface area (Å²) < 4.78 is 35.0. The van der Waals surface area contributed by atoms with E-state index in [-0.39, 0.29) is 34.4 Å². The van der Waals surface area contributed by atoms with Crippen molar-refractivity contribution in [2.24, 2.45) is 5.14 Å². The maximum atomic E-state index is 13.6. The maximum absolute atomic E-state index is 13.6. The molecule has 1 rings (SSSR count). The van der Waals surface area contributed by atoms with E-state index in [1.54, 1.807) is 0 Å². The summed E-state index contributed by atoms with van der Waals surface area (Å²) in [6.45, 7) is -0.0831. The summed E-state index contributed by atoms with van der Waals surface area (Å²) in [6.07, 6.45) is 0. The molecule has 0 aromatic heterocycles. The first kappa shape index (κ1) is 13.8. The fourth-order valence-electron chi connectivity index (χ4n) is 1.16. The van der Waals surface area contributed by atoms with Crippen LogP contribution in [-0.2, 0) is 10.0 Å². The standard InChI is InChI=1S/C8H12ClFN4O2S/c9-6-4(11)3-5(12)8(7(6)10)14-1-2-17(13,15)16/h3,14H,1-2,11-12H2,(H2,13,15,16). The molecule has 96 valence electrons. The van der Waals surface area contributed by atoms with Gasteiger partial charge in [0.25, 0.3) is 0 Å². The number of anilines is 3. The molecule has 0 aliphatic heterocycles. The Balaban J connectivity index is 2.89. The third kappa shape index (κ3) is 3.62. The van der Waals surface area contributed by atoms with Crippen molar-refractivity contribution >= 4 is 38.7 Å². The maximum Gasteiger partial charge on any atom is 0.210 e. The van der Waals surface area contributed by atoms with Crippen LogP contribution in [-0.4, -0.2) is 20.7 Å². The van der Waals surface area contributed by atoms with Gasteiger partial charge in [0.2, 0.25) is 10.0 Å². The summed E-state index contributed by atoms with van der Waals surface area (Å²) in [7, 11) is -3.62. The van der Waals surface area contributed by atoms with Crippen molar-refractivity contribution in [2.75, 3.05) is 29.1 Å². The molecule has 0 bridgehead atoms. The van der Waals surface area contributed by atoms with E-state index in [4.69, 9.17) is 28.2 Å². The molecule has 0 atom stereocenters. The SMILES string of the molecule is Nc1cc(N)c(NCCS(N)(=O)=O)c(F)c1Cl. The van der Waals surface area contributed by atoms with Gasteiger partial charge in [-0.05, 0) is 6.07 Å². The first-order chi connectivity index (χ1) is 7.72. The van der Waals surface area contributed by atoms with Crippen LogP contribution in [0.5, 0.6) is 0 Å². The van der Waals surface area contributed by atoms with Crippen molar-refractivity contribution in [3.63, 3.8) is 0 Å². The Bertz CT molecular complexity index is 535. The number of nitrogens with one attached hydrogen (secondary N) is 1. The van der Waals surface area contributed by atoms with Crippen molar-refractivity contribution in [2.45, 2.75) is 0 Å². The lowest BCUT2D eigenvalue weighted by Crippen LogP contribution is -2.23. The highest BCUT2D eigenvalue weighted by Crippen LogP contribution is 2.33. The fraction of sp³-hybridized carbons (Fsp3) is 0.250. The molecule has 0 saturated heterocycles. The molecule has 1 aromatic carbocycles. The van der Waals surface area contributed by atoms with Crippen LogP contribution in [0.4, 0.5) is 21.5 Å². The van der Waals surface area contributed by atoms with Crippen LogP contribution in [0.25, 0.3) is 0 Å². The molecule has 0 amide bonds. The smallest absolute Gasteiger partial charge is 0.210 e. The summed E-state index contributed by atoms with van der Waals surface area (Å²) >= 11 is 5.59. The van der Waals surface area contributed by atoms with Gasteiger partial charge in [0.05, 0.1) is 22.8 Å². The highest BCUT2D eigenvalue weighted by atomic mass is 35.5. The molecule has 0 unspecified atom stereocenters. The van der Waals surface area contributed by atoms with E-state index in [1.165, 1.54) is 6.07 Å². The van der Waals surface area contributed by atoms with Gasteiger partial charge in [0.15, 0.2) is 5.82 Å². The number of rotatable bonds is 4. The van der Waals surface area contributed by atoms with E-state index < -0.39 is 15.8 Å². The minimum atomic E-state index is -3.62. The van der Waals surface area contributed by atoms with E-state index in [1.807, 2.05) is 0 Å². The fourth-order valence-corrected chi connectivity index (χ4v) is 1.70. The minimum Gasteiger partial charge on any atom is -0.397 e. The Morgan fingerprint density at radius 1 is 1.35 bits per heavy atom. The van der Waals surface area contributed by atoms with Crippen LogP contribution in [0, 0.1) is 5.82 Å². The quantitative estimate of drug-likeness (QED) is 0.593. The number of benzene rings is 1. The average Bonchev–Trinajstić information content (AvgIpc) is 2.18. The molecular weight excluding hydrogens is 271 g/mol. The number of hydrogen-bond donors (Lipinski definition) is 4. The first-order valence-corrected chi connectivity index (χ1v) is 6.59. The highest BCUT2D eigenvalue weighted by molar-refractivity contribution is 7.89. The zero-order valence-corrected chi connectivity index (χ0v) is 10.3. The Morgan fingerprint density at radius 2 is 1.94 bits per heavy atom. The third-order valence-electron chi connectivity index (χ3n) is 1.95. The largest absolute Gasteiger partial charge is 0.397 e. The molecule has 0 heterocycles. The highest BCUT2D eigenvalue weighted by Gasteiger charge is 2.14. The molecule has 6 nitrogen and oxygen atoms in total. The lowest BCUT2D eigenvalue weighted by atomic mass is 10.2. The van der Waals surface area contributed by atoms with E-state index in [0.717, 1.165) is 0 Å². The van der Waals surface area contributed by atoms with Crippen LogP contribution >= 0.6 is 11.6 Å². The predicted molar refractivity (Wildman–Crippen MR) is 66.7 cm³/mol. The van der Waals surface area contributed by atoms with Crippen LogP contribution < -0.4 is 21.9 Å². The van der Waals surface area contributed by atoms with E-state index >= 15 is 0 Å². The molecule has 9 heteroatoms. The van der Waals surface area contributed by atoms with Crippen molar-refractivity contribution < 1.29 is 12.8 Å². The Morgan fingerprint density at radius 3 is 2.47 bits per heavy atom. The van der Waals surface area contributed by atoms with Gasteiger partial charge in [-0.15, -0.1) is 0 Å². The molecular formula is C8H12ClFN4O2S. The summed E-state index contributed by atoms with van der Waals surface area (Å²) in [5.41, 5.74) is 10.9. The van der Waals surface area contributed by atoms with Crippen molar-refractivity contribution in [3.05, 3.63) is 16.9 Å². The van der Waals surface area contributed by atoms with Crippen LogP contribution in [0.1, 0.15) is 0 Å². The molecule has 0 saturated carbocycles. The van der Waals surface area contributed by atoms with Gasteiger partial charge >= 0.3 is 0 Å². The van der Waals surface area contributed by atoms with Crippen molar-refractivity contribution in [3.8, 4) is 0 Å². The van der Waals surface area contributed by atoms with Gasteiger partial charge in [0, 0.05) is 6.54 Å². The average molecular weight is 283 g/mol. The third-order valence-corrected chi connectivity index (χ3v) is 3.11. The number of sulfonamides is 1. The van der Waals surface area contributed by atoms with Gasteiger partial charge in [-0.1, -0.05) is 11.6 Å². The zero-order valence-electron chi connectivity index (χ0n) is 8.70. The summed E-state index contributed by atoms with van der Waals surface area (Å²) in [4.78, 5) is 0. The Hall–Kier alpha value is -1.25. The second-order valence-electron chi connectivity index (χ2n) is 3.35. The normalized spacial score (nSPS) is 11.5. The number of hydrogen-bond acceptors (Lipinski definition) is 5. The van der Waals surface area contributed by atoms with Gasteiger partial charge in [0.1, 0.15) is 5.02 Å². The van der Waals surface area contributed by atoms with Gasteiger partial charge in [-0.2, -0.15) is 0 Å². The Kier molecular flexibility index (Phi) is 4.02. The lowest BCUT2D eigenvalue weighted by molar-refractivity contribution is 0.597. The molecule has 0 spiro atoms. The molecule has 17 heavy (non-hydrogen) atoms. The monoisotopic (exact) mass is 282 g/mol. The van der Waals surface area contributed by atoms with Crippen LogP contribution in [0.3, 0.4) is 0 Å². The molecule has 0 radical (unpaired) electrons. The summed E-state index contributed by atoms with van der Waals surface area (Å²) in [6, 6.07) is 1.28. The first-order valence-electron chi connectivity index (χ1n) is 4.49. The van der Waals surface area contributed by atoms with Crippen molar-refractivity contribution in [1.82, 2.24) is 0 Å². The number of nitrogen functional groups attached to an aromatic ring is 2. The van der Waals surface area contributed by atoms with E-state index in [9.17, 15) is 12.8 Å². The lowest BCUT2D eigenvalue weighted by Gasteiger charge is -2.12. The molecule has 1 aromatic rings. The molecule has 0 aliphatic carbocycles. The van der Waals surface area contributed by atoms with Gasteiger partial charge < -0.3 is 16.8 Å². The zero-order chi connectivity index (χ0) is 13.2. The van der Waals surface area contributed by atoms with E-state index in [0.29, 0.717) is 0 Å². The van der Waals surface area contributed by atoms with E-state index in [2.05, 4.69) is 5.32 Å². The topological polar surface area (TPSA) is 124 Å². The minimum absolute atomic E-state index is 0.0127. The number of primary sulfonamides is 1. The molecule has 0 fully saturated rings. The molecule has 7 N–H and O–H groups in total. The Labute approximate surface area is 103 Å². The van der Waals surface area contributed by atoms with Gasteiger partial charge in [-0.25, -0.2) is 17.9 Å². The van der Waals surface area contributed by atoms with Crippen LogP contribution in [0.2, 0.25) is 5.02 Å². The van der Waals surface area contributed by atoms with Gasteiger partial charge in [-0.3, -0.25) is 0 Å². The number of nitrogens with two attached hydrogens (primary N) is 3. The second-order valence-corrected chi connectivity index (χ2v) is 5.46. The van der Waals surface area contributed by atoms with Crippen LogP contribution in [0.15, 0.2) is 6.07 Å². The predicted octanol–water partition coefficient (Wildman–Crippen LogP) is 0.344. The van der Waals surface area contributed by atoms with Crippen molar-refractivity contribution in [1.29, 1.82) is 0 Å².